The zero-order chi connectivity index (χ0) is 17.1. The van der Waals surface area contributed by atoms with Gasteiger partial charge in [0.15, 0.2) is 0 Å². The van der Waals surface area contributed by atoms with Gasteiger partial charge in [-0.2, -0.15) is 0 Å². The number of hydrogen-bond donors (Lipinski definition) is 0. The summed E-state index contributed by atoms with van der Waals surface area (Å²) >= 11 is 0.183. The van der Waals surface area contributed by atoms with Crippen molar-refractivity contribution in [3.63, 3.8) is 0 Å². The number of anilines is 3. The third-order valence-corrected chi connectivity index (χ3v) is 8.41. The molecule has 0 N–H and O–H groups in total. The summed E-state index contributed by atoms with van der Waals surface area (Å²) in [5, 5.41) is 0. The maximum absolute atomic E-state index is 13.2. The van der Waals surface area contributed by atoms with Gasteiger partial charge in [-0.15, -0.1) is 0 Å². The zero-order valence-electron chi connectivity index (χ0n) is 13.9. The van der Waals surface area contributed by atoms with Crippen molar-refractivity contribution in [2.45, 2.75) is 29.6 Å². The molecule has 0 saturated carbocycles. The van der Waals surface area contributed by atoms with Crippen LogP contribution in [-0.4, -0.2) is 24.1 Å². The van der Waals surface area contributed by atoms with Crippen molar-refractivity contribution in [3.8, 4) is 0 Å². The number of aromatic nitrogens is 1. The van der Waals surface area contributed by atoms with E-state index in [0.717, 1.165) is 27.0 Å². The molecule has 5 heteroatoms. The van der Waals surface area contributed by atoms with E-state index >= 15 is 0 Å². The molecule has 0 radical (unpaired) electrons. The van der Waals surface area contributed by atoms with Crippen LogP contribution >= 0.6 is 0 Å². The number of rotatable bonds is 1. The van der Waals surface area contributed by atoms with Crippen molar-refractivity contribution in [1.29, 1.82) is 0 Å². The van der Waals surface area contributed by atoms with Crippen molar-refractivity contribution in [2.24, 2.45) is 0 Å². The molecule has 2 aliphatic heterocycles. The molecular formula is C20H16N2OSSe. The van der Waals surface area contributed by atoms with Crippen LogP contribution in [0.4, 0.5) is 17.2 Å². The fourth-order valence-electron chi connectivity index (χ4n) is 3.39. The fraction of sp³-hybridized carbons (Fsp3) is 0.150. The molecule has 2 aromatic carbocycles. The molecular weight excluding hydrogens is 395 g/mol. The van der Waals surface area contributed by atoms with Gasteiger partial charge in [0.05, 0.1) is 0 Å². The predicted molar refractivity (Wildman–Crippen MR) is 103 cm³/mol. The van der Waals surface area contributed by atoms with Gasteiger partial charge in [-0.05, 0) is 0 Å². The third-order valence-electron chi connectivity index (χ3n) is 4.66. The summed E-state index contributed by atoms with van der Waals surface area (Å²) in [6.45, 7) is 4.37. The Labute approximate surface area is 155 Å². The van der Waals surface area contributed by atoms with Crippen molar-refractivity contribution in [1.82, 2.24) is 4.98 Å². The third kappa shape index (κ3) is 2.16. The van der Waals surface area contributed by atoms with Crippen LogP contribution in [0, 0.1) is 0 Å². The first-order valence-electron chi connectivity index (χ1n) is 8.27. The molecule has 1 unspecified atom stereocenters. The van der Waals surface area contributed by atoms with E-state index in [4.69, 9.17) is 0 Å². The Morgan fingerprint density at radius 2 is 1.88 bits per heavy atom. The second-order valence-electron chi connectivity index (χ2n) is 6.52. The summed E-state index contributed by atoms with van der Waals surface area (Å²) in [5.74, 6) is 1.41. The molecule has 3 nitrogen and oxygen atoms in total. The summed E-state index contributed by atoms with van der Waals surface area (Å²) in [6.07, 6.45) is 1.85. The van der Waals surface area contributed by atoms with Gasteiger partial charge in [-0.3, -0.25) is 0 Å². The van der Waals surface area contributed by atoms with E-state index in [1.165, 1.54) is 14.5 Å². The van der Waals surface area contributed by atoms with Crippen LogP contribution in [0.15, 0.2) is 64.5 Å². The molecule has 2 aliphatic rings. The Bertz CT molecular complexity index is 1050. The fourth-order valence-corrected chi connectivity index (χ4v) is 7.11. The zero-order valence-corrected chi connectivity index (χ0v) is 16.4. The van der Waals surface area contributed by atoms with E-state index in [0.29, 0.717) is 5.92 Å². The van der Waals surface area contributed by atoms with E-state index in [-0.39, 0.29) is 15.0 Å². The van der Waals surface area contributed by atoms with E-state index in [1.54, 1.807) is 0 Å². The average molecular weight is 411 g/mol. The van der Waals surface area contributed by atoms with E-state index < -0.39 is 10.8 Å². The maximum atomic E-state index is 13.2. The molecule has 0 fully saturated rings. The van der Waals surface area contributed by atoms with Crippen LogP contribution in [0.2, 0.25) is 0 Å². The van der Waals surface area contributed by atoms with Crippen LogP contribution in [0.5, 0.6) is 0 Å². The number of nitrogens with zero attached hydrogens (tertiary/aromatic N) is 2. The average Bonchev–Trinajstić information content (AvgIpc) is 2.64. The van der Waals surface area contributed by atoms with Crippen LogP contribution in [0.3, 0.4) is 0 Å². The number of hydrogen-bond acceptors (Lipinski definition) is 3. The summed E-state index contributed by atoms with van der Waals surface area (Å²) in [6, 6.07) is 16.7. The molecule has 0 amide bonds. The molecule has 0 bridgehead atoms. The van der Waals surface area contributed by atoms with E-state index in [9.17, 15) is 4.21 Å². The van der Waals surface area contributed by atoms with Crippen molar-refractivity contribution >= 4 is 51.9 Å². The Kier molecular flexibility index (Phi) is 3.39. The monoisotopic (exact) mass is 412 g/mol. The summed E-state index contributed by atoms with van der Waals surface area (Å²) in [4.78, 5) is 8.69. The first kappa shape index (κ1) is 15.3. The minimum atomic E-state index is -1.15. The number of benzene rings is 2. The number of para-hydroxylation sites is 1. The normalized spacial score (nSPS) is 17.1. The summed E-state index contributed by atoms with van der Waals surface area (Å²) in [5.41, 5.74) is 3.35. The first-order valence-corrected chi connectivity index (χ1v) is 11.1. The molecule has 124 valence electrons. The van der Waals surface area contributed by atoms with Gasteiger partial charge in [0.1, 0.15) is 0 Å². The van der Waals surface area contributed by atoms with Crippen molar-refractivity contribution in [2.75, 3.05) is 4.90 Å². The topological polar surface area (TPSA) is 33.2 Å². The molecule has 25 heavy (non-hydrogen) atoms. The SMILES string of the molecule is CC(C)c1ccc2c(c1)N1c3ncccc3[Se]c3cccc(c31)S2=O. The summed E-state index contributed by atoms with van der Waals surface area (Å²) < 4.78 is 15.8. The molecule has 0 saturated heterocycles. The van der Waals surface area contributed by atoms with Gasteiger partial charge in [0.2, 0.25) is 0 Å². The van der Waals surface area contributed by atoms with Crippen molar-refractivity contribution < 1.29 is 4.21 Å². The Hall–Kier alpha value is -1.94. The first-order chi connectivity index (χ1) is 12.1. The second-order valence-corrected chi connectivity index (χ2v) is 10.2. The molecule has 3 heterocycles. The van der Waals surface area contributed by atoms with Gasteiger partial charge in [-0.25, -0.2) is 0 Å². The number of fused-ring (bicyclic) bond motifs is 4. The van der Waals surface area contributed by atoms with Gasteiger partial charge >= 0.3 is 156 Å². The number of pyridine rings is 1. The Morgan fingerprint density at radius 1 is 1.04 bits per heavy atom. The molecule has 3 aromatic rings. The van der Waals surface area contributed by atoms with E-state index in [2.05, 4.69) is 48.0 Å². The Balaban J connectivity index is 1.86. The second kappa shape index (κ2) is 5.53. The van der Waals surface area contributed by atoms with Crippen LogP contribution in [0.1, 0.15) is 25.3 Å². The molecule has 0 aliphatic carbocycles. The van der Waals surface area contributed by atoms with Crippen LogP contribution in [0.25, 0.3) is 0 Å². The quantitative estimate of drug-likeness (QED) is 0.398. The molecule has 5 rings (SSSR count). The van der Waals surface area contributed by atoms with Gasteiger partial charge < -0.3 is 0 Å². The van der Waals surface area contributed by atoms with Gasteiger partial charge in [-0.1, -0.05) is 0 Å². The van der Waals surface area contributed by atoms with Crippen LogP contribution in [-0.2, 0) is 10.8 Å². The summed E-state index contributed by atoms with van der Waals surface area (Å²) in [7, 11) is -1.15. The minimum absolute atomic E-state index is 0.183. The molecule has 0 spiro atoms. The standard InChI is InChI=1S/C20H16N2OSSe/c1-12(2)13-8-9-15-14(11-13)22-19-16(24(15)23)5-3-6-17(19)25-18-7-4-10-21-20(18)22/h3-12H,1-2H3. The van der Waals surface area contributed by atoms with Crippen LogP contribution < -0.4 is 13.8 Å². The van der Waals surface area contributed by atoms with Gasteiger partial charge in [0, 0.05) is 0 Å². The van der Waals surface area contributed by atoms with E-state index in [1.807, 2.05) is 30.5 Å². The molecule has 1 atom stereocenters. The van der Waals surface area contributed by atoms with Crippen molar-refractivity contribution in [3.05, 3.63) is 60.3 Å². The van der Waals surface area contributed by atoms with Gasteiger partial charge in [0.25, 0.3) is 0 Å². The Morgan fingerprint density at radius 3 is 2.72 bits per heavy atom. The molecule has 1 aromatic heterocycles. The predicted octanol–water partition coefficient (Wildman–Crippen LogP) is 3.12.